The molecule has 6 heteroatoms. The van der Waals surface area contributed by atoms with Crippen LogP contribution in [0.1, 0.15) is 12.0 Å². The van der Waals surface area contributed by atoms with E-state index in [0.717, 1.165) is 10.0 Å². The van der Waals surface area contributed by atoms with Crippen LogP contribution in [-0.2, 0) is 9.59 Å². The van der Waals surface area contributed by atoms with Gasteiger partial charge in [-0.1, -0.05) is 0 Å². The molecule has 1 fully saturated rings. The van der Waals surface area contributed by atoms with Crippen LogP contribution in [0.2, 0.25) is 0 Å². The molecule has 1 aromatic rings. The monoisotopic (exact) mass is 283 g/mol. The number of hydrogen-bond donors (Lipinski definition) is 1. The van der Waals surface area contributed by atoms with Crippen molar-refractivity contribution < 1.29 is 9.59 Å². The zero-order chi connectivity index (χ0) is 11.9. The van der Waals surface area contributed by atoms with Crippen LogP contribution in [0.15, 0.2) is 10.7 Å². The Hall–Kier alpha value is -1.43. The summed E-state index contributed by atoms with van der Waals surface area (Å²) in [6.45, 7) is 1.91. The maximum absolute atomic E-state index is 11.6. The number of nitrogens with two attached hydrogens (primary N) is 1. The summed E-state index contributed by atoms with van der Waals surface area (Å²) in [6, 6.07) is 0. The molecule has 84 valence electrons. The average molecular weight is 284 g/mol. The van der Waals surface area contributed by atoms with E-state index in [0.29, 0.717) is 5.69 Å². The normalized spacial score (nSPS) is 16.0. The first-order chi connectivity index (χ1) is 7.50. The third-order valence-corrected chi connectivity index (χ3v) is 3.33. The molecule has 2 heterocycles. The second kappa shape index (κ2) is 3.86. The van der Waals surface area contributed by atoms with Crippen molar-refractivity contribution in [3.05, 3.63) is 16.2 Å². The van der Waals surface area contributed by atoms with Crippen LogP contribution in [0.5, 0.6) is 0 Å². The summed E-state index contributed by atoms with van der Waals surface area (Å²) in [6.07, 6.45) is 1.53. The van der Waals surface area contributed by atoms with E-state index < -0.39 is 0 Å². The van der Waals surface area contributed by atoms with Crippen molar-refractivity contribution in [3.63, 3.8) is 0 Å². The molecule has 1 aromatic heterocycles. The van der Waals surface area contributed by atoms with Crippen LogP contribution in [-0.4, -0.2) is 23.2 Å². The van der Waals surface area contributed by atoms with Crippen LogP contribution in [0, 0.1) is 6.92 Å². The van der Waals surface area contributed by atoms with Gasteiger partial charge in [0.15, 0.2) is 5.78 Å². The molecule has 1 amide bonds. The van der Waals surface area contributed by atoms with Crippen LogP contribution < -0.4 is 10.6 Å². The Balaban J connectivity index is 2.52. The highest BCUT2D eigenvalue weighted by Gasteiger charge is 2.31. The van der Waals surface area contributed by atoms with E-state index in [9.17, 15) is 9.59 Å². The third kappa shape index (κ3) is 1.69. The molecule has 0 unspecified atom stereocenters. The SMILES string of the molecule is Cc1c(Br)cnc(N)c1N1CC(=O)CC1=O. The summed E-state index contributed by atoms with van der Waals surface area (Å²) >= 11 is 3.32. The van der Waals surface area contributed by atoms with E-state index in [4.69, 9.17) is 5.73 Å². The Morgan fingerprint density at radius 3 is 2.75 bits per heavy atom. The number of pyridine rings is 1. The van der Waals surface area contributed by atoms with Gasteiger partial charge in [0.1, 0.15) is 5.82 Å². The Morgan fingerprint density at radius 2 is 2.19 bits per heavy atom. The molecule has 0 aromatic carbocycles. The number of ketones is 1. The molecular formula is C10H10BrN3O2. The minimum Gasteiger partial charge on any atom is -0.382 e. The first kappa shape index (κ1) is 11.1. The summed E-state index contributed by atoms with van der Waals surface area (Å²) < 4.78 is 0.767. The smallest absolute Gasteiger partial charge is 0.235 e. The second-order valence-corrected chi connectivity index (χ2v) is 4.51. The number of carbonyl (C=O) groups excluding carboxylic acids is 2. The summed E-state index contributed by atoms with van der Waals surface area (Å²) in [5.41, 5.74) is 7.09. The number of hydrogen-bond acceptors (Lipinski definition) is 4. The highest BCUT2D eigenvalue weighted by atomic mass is 79.9. The topological polar surface area (TPSA) is 76.3 Å². The van der Waals surface area contributed by atoms with E-state index in [2.05, 4.69) is 20.9 Å². The van der Waals surface area contributed by atoms with Gasteiger partial charge in [-0.05, 0) is 28.4 Å². The second-order valence-electron chi connectivity index (χ2n) is 3.66. The number of amides is 1. The molecule has 2 N–H and O–H groups in total. The minimum absolute atomic E-state index is 0.0502. The molecule has 0 radical (unpaired) electrons. The van der Waals surface area contributed by atoms with Crippen molar-refractivity contribution in [2.45, 2.75) is 13.3 Å². The number of carbonyl (C=O) groups is 2. The Kier molecular flexibility index (Phi) is 2.67. The Morgan fingerprint density at radius 1 is 1.50 bits per heavy atom. The van der Waals surface area contributed by atoms with E-state index in [1.807, 2.05) is 6.92 Å². The Bertz CT molecular complexity index is 487. The molecule has 0 aliphatic carbocycles. The van der Waals surface area contributed by atoms with Gasteiger partial charge in [-0.25, -0.2) is 4.98 Å². The van der Waals surface area contributed by atoms with E-state index in [1.54, 1.807) is 6.20 Å². The molecule has 1 aliphatic heterocycles. The molecule has 1 saturated heterocycles. The van der Waals surface area contributed by atoms with Crippen molar-refractivity contribution in [1.29, 1.82) is 0 Å². The van der Waals surface area contributed by atoms with Gasteiger partial charge < -0.3 is 10.6 Å². The maximum atomic E-state index is 11.6. The average Bonchev–Trinajstić information content (AvgIpc) is 2.53. The van der Waals surface area contributed by atoms with Crippen LogP contribution in [0.4, 0.5) is 11.5 Å². The van der Waals surface area contributed by atoms with Gasteiger partial charge in [0.05, 0.1) is 18.7 Å². The van der Waals surface area contributed by atoms with Gasteiger partial charge in [0, 0.05) is 10.7 Å². The fourth-order valence-electron chi connectivity index (χ4n) is 1.72. The zero-order valence-corrected chi connectivity index (χ0v) is 10.2. The van der Waals surface area contributed by atoms with Crippen molar-refractivity contribution in [3.8, 4) is 0 Å². The lowest BCUT2D eigenvalue weighted by molar-refractivity contribution is -0.121. The van der Waals surface area contributed by atoms with Gasteiger partial charge in [0.25, 0.3) is 0 Å². The summed E-state index contributed by atoms with van der Waals surface area (Å²) in [4.78, 5) is 28.2. The van der Waals surface area contributed by atoms with Gasteiger partial charge >= 0.3 is 0 Å². The van der Waals surface area contributed by atoms with Crippen molar-refractivity contribution >= 4 is 39.1 Å². The third-order valence-electron chi connectivity index (χ3n) is 2.53. The molecule has 0 saturated carbocycles. The summed E-state index contributed by atoms with van der Waals surface area (Å²) in [5, 5.41) is 0. The summed E-state index contributed by atoms with van der Waals surface area (Å²) in [5.74, 6) is -0.0489. The first-order valence-corrected chi connectivity index (χ1v) is 5.52. The van der Waals surface area contributed by atoms with Gasteiger partial charge in [0.2, 0.25) is 5.91 Å². The number of nitrogens with zero attached hydrogens (tertiary/aromatic N) is 2. The number of aromatic nitrogens is 1. The van der Waals surface area contributed by atoms with Gasteiger partial charge in [-0.3, -0.25) is 9.59 Å². The van der Waals surface area contributed by atoms with Gasteiger partial charge in [-0.2, -0.15) is 0 Å². The Labute approximate surface area is 101 Å². The van der Waals surface area contributed by atoms with E-state index >= 15 is 0 Å². The summed E-state index contributed by atoms with van der Waals surface area (Å²) in [7, 11) is 0. The largest absolute Gasteiger partial charge is 0.382 e. The van der Waals surface area contributed by atoms with Crippen LogP contribution in [0.3, 0.4) is 0 Å². The lowest BCUT2D eigenvalue weighted by Crippen LogP contribution is -2.26. The predicted molar refractivity (Wildman–Crippen MR) is 63.1 cm³/mol. The van der Waals surface area contributed by atoms with E-state index in [-0.39, 0.29) is 30.5 Å². The van der Waals surface area contributed by atoms with Crippen LogP contribution in [0.25, 0.3) is 0 Å². The molecule has 16 heavy (non-hydrogen) atoms. The minimum atomic E-state index is -0.222. The quantitative estimate of drug-likeness (QED) is 0.782. The molecule has 0 atom stereocenters. The predicted octanol–water partition coefficient (Wildman–Crippen LogP) is 1.04. The maximum Gasteiger partial charge on any atom is 0.235 e. The van der Waals surface area contributed by atoms with Crippen LogP contribution >= 0.6 is 15.9 Å². The van der Waals surface area contributed by atoms with E-state index in [1.165, 1.54) is 4.90 Å². The highest BCUT2D eigenvalue weighted by molar-refractivity contribution is 9.10. The number of anilines is 2. The number of Topliss-reactive ketones (excluding diaryl/α,β-unsaturated/α-hetero) is 1. The highest BCUT2D eigenvalue weighted by Crippen LogP contribution is 2.32. The number of nitrogen functional groups attached to an aromatic ring is 1. The first-order valence-electron chi connectivity index (χ1n) is 4.73. The zero-order valence-electron chi connectivity index (χ0n) is 8.66. The molecule has 5 nitrogen and oxygen atoms in total. The molecule has 0 spiro atoms. The standard InChI is InChI=1S/C10H10BrN3O2/c1-5-7(11)3-13-10(12)9(5)14-4-6(15)2-8(14)16/h3H,2,4H2,1H3,(H2,12,13). The number of halogens is 1. The molecular weight excluding hydrogens is 274 g/mol. The number of rotatable bonds is 1. The molecule has 2 rings (SSSR count). The van der Waals surface area contributed by atoms with Crippen molar-refractivity contribution in [2.75, 3.05) is 17.2 Å². The lowest BCUT2D eigenvalue weighted by Gasteiger charge is -2.19. The van der Waals surface area contributed by atoms with Gasteiger partial charge in [-0.15, -0.1) is 0 Å². The lowest BCUT2D eigenvalue weighted by atomic mass is 10.2. The van der Waals surface area contributed by atoms with Crippen molar-refractivity contribution in [2.24, 2.45) is 0 Å². The fourth-order valence-corrected chi connectivity index (χ4v) is 2.01. The molecule has 0 bridgehead atoms. The fraction of sp³-hybridized carbons (Fsp3) is 0.300. The van der Waals surface area contributed by atoms with Crippen molar-refractivity contribution in [1.82, 2.24) is 4.98 Å². The molecule has 1 aliphatic rings.